The second kappa shape index (κ2) is 4.04. The predicted molar refractivity (Wildman–Crippen MR) is 65.7 cm³/mol. The van der Waals surface area contributed by atoms with E-state index in [2.05, 4.69) is 10.1 Å². The van der Waals surface area contributed by atoms with Crippen LogP contribution in [0.3, 0.4) is 0 Å². The number of nitrogens with zero attached hydrogens (tertiary/aromatic N) is 2. The Balaban J connectivity index is 1.92. The van der Waals surface area contributed by atoms with Gasteiger partial charge in [0.15, 0.2) is 5.82 Å². The summed E-state index contributed by atoms with van der Waals surface area (Å²) >= 11 is 5.96. The van der Waals surface area contributed by atoms with Crippen LogP contribution in [0.5, 0.6) is 0 Å². The summed E-state index contributed by atoms with van der Waals surface area (Å²) < 4.78 is 5.24. The topological polar surface area (TPSA) is 64.9 Å². The molecule has 2 N–H and O–H groups in total. The molecule has 88 valence electrons. The van der Waals surface area contributed by atoms with Crippen molar-refractivity contribution in [3.8, 4) is 11.5 Å². The molecule has 2 aromatic rings. The molecule has 0 spiro atoms. The van der Waals surface area contributed by atoms with Gasteiger partial charge in [0, 0.05) is 11.5 Å². The van der Waals surface area contributed by atoms with E-state index in [-0.39, 0.29) is 0 Å². The largest absolute Gasteiger partial charge is 0.398 e. The van der Waals surface area contributed by atoms with Gasteiger partial charge in [-0.2, -0.15) is 4.98 Å². The summed E-state index contributed by atoms with van der Waals surface area (Å²) in [5.74, 6) is 1.78. The van der Waals surface area contributed by atoms with Crippen LogP contribution in [-0.4, -0.2) is 10.1 Å². The third-order valence-corrected chi connectivity index (χ3v) is 3.49. The minimum Gasteiger partial charge on any atom is -0.398 e. The first-order valence-electron chi connectivity index (χ1n) is 5.63. The van der Waals surface area contributed by atoms with Crippen LogP contribution in [0.1, 0.15) is 31.0 Å². The molecule has 17 heavy (non-hydrogen) atoms. The number of benzene rings is 1. The third-order valence-electron chi connectivity index (χ3n) is 3.16. The number of nitrogens with two attached hydrogens (primary N) is 1. The maximum absolute atomic E-state index is 5.96. The fourth-order valence-corrected chi connectivity index (χ4v) is 2.03. The van der Waals surface area contributed by atoms with Crippen LogP contribution in [0, 0.1) is 0 Å². The first kappa shape index (κ1) is 10.6. The van der Waals surface area contributed by atoms with Gasteiger partial charge in [-0.1, -0.05) is 23.2 Å². The van der Waals surface area contributed by atoms with Gasteiger partial charge in [0.25, 0.3) is 5.89 Å². The number of rotatable bonds is 2. The molecule has 0 atom stereocenters. The van der Waals surface area contributed by atoms with Crippen LogP contribution in [0.25, 0.3) is 11.5 Å². The number of aromatic nitrogens is 2. The van der Waals surface area contributed by atoms with E-state index in [0.717, 1.165) is 24.2 Å². The first-order chi connectivity index (χ1) is 8.24. The maximum atomic E-state index is 5.96. The van der Waals surface area contributed by atoms with Crippen molar-refractivity contribution in [2.24, 2.45) is 0 Å². The molecule has 0 radical (unpaired) electrons. The molecule has 1 saturated carbocycles. The molecule has 1 heterocycles. The zero-order valence-electron chi connectivity index (χ0n) is 9.19. The van der Waals surface area contributed by atoms with Crippen LogP contribution < -0.4 is 5.73 Å². The normalized spacial score (nSPS) is 15.8. The molecule has 0 aliphatic heterocycles. The smallest absolute Gasteiger partial charge is 0.257 e. The number of halogens is 1. The van der Waals surface area contributed by atoms with Gasteiger partial charge in [-0.15, -0.1) is 0 Å². The van der Waals surface area contributed by atoms with Gasteiger partial charge in [-0.05, 0) is 31.0 Å². The maximum Gasteiger partial charge on any atom is 0.257 e. The molecule has 0 saturated heterocycles. The lowest BCUT2D eigenvalue weighted by molar-refractivity contribution is 0.366. The third kappa shape index (κ3) is 1.89. The average Bonchev–Trinajstić information content (AvgIpc) is 2.69. The molecule has 5 heteroatoms. The highest BCUT2D eigenvalue weighted by molar-refractivity contribution is 6.33. The molecular formula is C12H12ClN3O. The summed E-state index contributed by atoms with van der Waals surface area (Å²) in [5.41, 5.74) is 7.01. The Morgan fingerprint density at radius 1 is 1.35 bits per heavy atom. The van der Waals surface area contributed by atoms with Crippen LogP contribution >= 0.6 is 11.6 Å². The fourth-order valence-electron chi connectivity index (χ4n) is 1.84. The summed E-state index contributed by atoms with van der Waals surface area (Å²) in [6.07, 6.45) is 3.56. The molecule has 1 aromatic carbocycles. The Morgan fingerprint density at radius 2 is 2.18 bits per heavy atom. The van der Waals surface area contributed by atoms with Crippen molar-refractivity contribution < 1.29 is 4.52 Å². The summed E-state index contributed by atoms with van der Waals surface area (Å²) in [4.78, 5) is 4.40. The fraction of sp³-hybridized carbons (Fsp3) is 0.333. The molecule has 1 fully saturated rings. The molecule has 4 nitrogen and oxygen atoms in total. The molecule has 1 aromatic heterocycles. The summed E-state index contributed by atoms with van der Waals surface area (Å²) in [6, 6.07) is 5.32. The standard InChI is InChI=1S/C12H12ClN3O/c13-9-6-8(4-5-10(9)14)12-15-11(16-17-12)7-2-1-3-7/h4-7H,1-3,14H2. The molecule has 0 amide bonds. The molecule has 0 unspecified atom stereocenters. The summed E-state index contributed by atoms with van der Waals surface area (Å²) in [7, 11) is 0. The van der Waals surface area contributed by atoms with Crippen LogP contribution in [0.15, 0.2) is 22.7 Å². The van der Waals surface area contributed by atoms with Crippen molar-refractivity contribution in [3.05, 3.63) is 29.0 Å². The Morgan fingerprint density at radius 3 is 2.82 bits per heavy atom. The molecule has 0 bridgehead atoms. The van der Waals surface area contributed by atoms with Gasteiger partial charge >= 0.3 is 0 Å². The van der Waals surface area contributed by atoms with Crippen molar-refractivity contribution >= 4 is 17.3 Å². The number of anilines is 1. The quantitative estimate of drug-likeness (QED) is 0.830. The van der Waals surface area contributed by atoms with Gasteiger partial charge in [-0.25, -0.2) is 0 Å². The lowest BCUT2D eigenvalue weighted by Gasteiger charge is -2.20. The summed E-state index contributed by atoms with van der Waals surface area (Å²) in [5, 5.41) is 4.51. The summed E-state index contributed by atoms with van der Waals surface area (Å²) in [6.45, 7) is 0. The lowest BCUT2D eigenvalue weighted by Crippen LogP contribution is -2.10. The van der Waals surface area contributed by atoms with Gasteiger partial charge < -0.3 is 10.3 Å². The van der Waals surface area contributed by atoms with E-state index in [1.165, 1.54) is 6.42 Å². The zero-order valence-corrected chi connectivity index (χ0v) is 9.94. The average molecular weight is 250 g/mol. The van der Waals surface area contributed by atoms with Gasteiger partial charge in [0.1, 0.15) is 0 Å². The van der Waals surface area contributed by atoms with Crippen molar-refractivity contribution in [1.82, 2.24) is 10.1 Å². The van der Waals surface area contributed by atoms with Crippen molar-refractivity contribution in [2.75, 3.05) is 5.73 Å². The van der Waals surface area contributed by atoms with Crippen LogP contribution in [0.2, 0.25) is 5.02 Å². The van der Waals surface area contributed by atoms with E-state index >= 15 is 0 Å². The van der Waals surface area contributed by atoms with E-state index in [4.69, 9.17) is 21.9 Å². The Labute approximate surface area is 104 Å². The lowest BCUT2D eigenvalue weighted by atomic mass is 9.85. The Bertz CT molecular complexity index is 548. The van der Waals surface area contributed by atoms with E-state index in [1.54, 1.807) is 12.1 Å². The molecule has 1 aliphatic rings. The minimum absolute atomic E-state index is 0.469. The van der Waals surface area contributed by atoms with E-state index in [0.29, 0.717) is 22.5 Å². The van der Waals surface area contributed by atoms with Crippen molar-refractivity contribution in [1.29, 1.82) is 0 Å². The Kier molecular flexibility index (Phi) is 2.52. The molecule has 1 aliphatic carbocycles. The van der Waals surface area contributed by atoms with E-state index in [9.17, 15) is 0 Å². The first-order valence-corrected chi connectivity index (χ1v) is 6.01. The van der Waals surface area contributed by atoms with Crippen molar-refractivity contribution in [3.63, 3.8) is 0 Å². The number of nitrogen functional groups attached to an aromatic ring is 1. The highest BCUT2D eigenvalue weighted by Crippen LogP contribution is 2.35. The highest BCUT2D eigenvalue weighted by Gasteiger charge is 2.24. The highest BCUT2D eigenvalue weighted by atomic mass is 35.5. The SMILES string of the molecule is Nc1ccc(-c2nc(C3CCC3)no2)cc1Cl. The van der Waals surface area contributed by atoms with E-state index < -0.39 is 0 Å². The van der Waals surface area contributed by atoms with E-state index in [1.807, 2.05) is 6.07 Å². The van der Waals surface area contributed by atoms with Crippen LogP contribution in [0.4, 0.5) is 5.69 Å². The number of hydrogen-bond donors (Lipinski definition) is 1. The second-order valence-corrected chi connectivity index (χ2v) is 4.73. The molecule has 3 rings (SSSR count). The molecular weight excluding hydrogens is 238 g/mol. The van der Waals surface area contributed by atoms with Crippen LogP contribution in [-0.2, 0) is 0 Å². The monoisotopic (exact) mass is 249 g/mol. The minimum atomic E-state index is 0.469. The Hall–Kier alpha value is -1.55. The van der Waals surface area contributed by atoms with Crippen molar-refractivity contribution in [2.45, 2.75) is 25.2 Å². The van der Waals surface area contributed by atoms with Gasteiger partial charge in [-0.3, -0.25) is 0 Å². The second-order valence-electron chi connectivity index (χ2n) is 4.32. The van der Waals surface area contributed by atoms with Gasteiger partial charge in [0.05, 0.1) is 10.7 Å². The zero-order chi connectivity index (χ0) is 11.8. The predicted octanol–water partition coefficient (Wildman–Crippen LogP) is 3.24. The number of hydrogen-bond acceptors (Lipinski definition) is 4. The van der Waals surface area contributed by atoms with Gasteiger partial charge in [0.2, 0.25) is 0 Å².